The van der Waals surface area contributed by atoms with Crippen molar-refractivity contribution in [2.45, 2.75) is 13.3 Å². The second-order valence-corrected chi connectivity index (χ2v) is 7.31. The van der Waals surface area contributed by atoms with Crippen LogP contribution in [0.3, 0.4) is 0 Å². The van der Waals surface area contributed by atoms with Gasteiger partial charge in [-0.2, -0.15) is 0 Å². The predicted molar refractivity (Wildman–Crippen MR) is 118 cm³/mol. The van der Waals surface area contributed by atoms with Gasteiger partial charge in [-0.1, -0.05) is 25.1 Å². The van der Waals surface area contributed by atoms with Crippen LogP contribution >= 0.6 is 0 Å². The zero-order chi connectivity index (χ0) is 20.8. The fraction of sp³-hybridized carbons (Fsp3) is 0.455. The van der Waals surface area contributed by atoms with Crippen molar-refractivity contribution in [1.29, 1.82) is 0 Å². The SMILES string of the molecule is CCCNc1ncc(N2CCNCC2)c(-c2ccccc2OC)c1C(=O)N(C)C. The average Bonchev–Trinajstić information content (AvgIpc) is 2.77. The molecule has 1 fully saturated rings. The van der Waals surface area contributed by atoms with Gasteiger partial charge in [-0.3, -0.25) is 4.79 Å². The highest BCUT2D eigenvalue weighted by Gasteiger charge is 2.28. The maximum Gasteiger partial charge on any atom is 0.257 e. The lowest BCUT2D eigenvalue weighted by molar-refractivity contribution is 0.0829. The number of hydrogen-bond acceptors (Lipinski definition) is 6. The molecule has 0 saturated carbocycles. The van der Waals surface area contributed by atoms with Crippen molar-refractivity contribution in [3.05, 3.63) is 36.0 Å². The number of piperazine rings is 1. The van der Waals surface area contributed by atoms with Gasteiger partial charge >= 0.3 is 0 Å². The number of hydrogen-bond donors (Lipinski definition) is 2. The van der Waals surface area contributed by atoms with Crippen molar-refractivity contribution in [3.63, 3.8) is 0 Å². The van der Waals surface area contributed by atoms with E-state index in [1.165, 1.54) is 0 Å². The molecule has 1 amide bonds. The molecule has 0 radical (unpaired) electrons. The topological polar surface area (TPSA) is 69.7 Å². The Balaban J connectivity index is 2.29. The van der Waals surface area contributed by atoms with E-state index in [0.29, 0.717) is 11.4 Å². The maximum absolute atomic E-state index is 13.3. The number of nitrogens with one attached hydrogen (secondary N) is 2. The van der Waals surface area contributed by atoms with Crippen molar-refractivity contribution in [1.82, 2.24) is 15.2 Å². The Morgan fingerprint density at radius 2 is 2.00 bits per heavy atom. The Morgan fingerprint density at radius 3 is 2.66 bits per heavy atom. The fourth-order valence-corrected chi connectivity index (χ4v) is 3.58. The highest BCUT2D eigenvalue weighted by molar-refractivity contribution is 6.08. The molecule has 0 spiro atoms. The van der Waals surface area contributed by atoms with Crippen LogP contribution in [0.4, 0.5) is 11.5 Å². The largest absolute Gasteiger partial charge is 0.496 e. The van der Waals surface area contributed by atoms with Crippen molar-refractivity contribution in [2.24, 2.45) is 0 Å². The minimum absolute atomic E-state index is 0.0750. The Bertz CT molecular complexity index is 847. The van der Waals surface area contributed by atoms with Gasteiger partial charge in [0.05, 0.1) is 24.6 Å². The first-order chi connectivity index (χ1) is 14.1. The minimum atomic E-state index is -0.0750. The van der Waals surface area contributed by atoms with Crippen LogP contribution in [0.1, 0.15) is 23.7 Å². The third-order valence-electron chi connectivity index (χ3n) is 5.06. The lowest BCUT2D eigenvalue weighted by Crippen LogP contribution is -2.44. The summed E-state index contributed by atoms with van der Waals surface area (Å²) in [7, 11) is 5.21. The number of anilines is 2. The minimum Gasteiger partial charge on any atom is -0.496 e. The lowest BCUT2D eigenvalue weighted by Gasteiger charge is -2.32. The van der Waals surface area contributed by atoms with Crippen molar-refractivity contribution in [3.8, 4) is 16.9 Å². The molecule has 29 heavy (non-hydrogen) atoms. The van der Waals surface area contributed by atoms with Crippen molar-refractivity contribution >= 4 is 17.4 Å². The number of methoxy groups -OCH3 is 1. The van der Waals surface area contributed by atoms with E-state index in [4.69, 9.17) is 4.74 Å². The second kappa shape index (κ2) is 9.60. The van der Waals surface area contributed by atoms with E-state index in [9.17, 15) is 4.79 Å². The molecule has 7 heteroatoms. The number of para-hydroxylation sites is 1. The molecule has 2 N–H and O–H groups in total. The van der Waals surface area contributed by atoms with Crippen LogP contribution in [-0.2, 0) is 0 Å². The molecule has 1 aliphatic heterocycles. The molecule has 0 aliphatic carbocycles. The van der Waals surface area contributed by atoms with Crippen LogP contribution in [0.25, 0.3) is 11.1 Å². The number of rotatable bonds is 7. The summed E-state index contributed by atoms with van der Waals surface area (Å²) in [6.45, 7) is 6.37. The monoisotopic (exact) mass is 397 g/mol. The van der Waals surface area contributed by atoms with Gasteiger partial charge in [-0.05, 0) is 12.5 Å². The number of pyridine rings is 1. The van der Waals surface area contributed by atoms with Crippen LogP contribution in [0, 0.1) is 0 Å². The van der Waals surface area contributed by atoms with E-state index in [2.05, 4.69) is 27.4 Å². The third-order valence-corrected chi connectivity index (χ3v) is 5.06. The van der Waals surface area contributed by atoms with Gasteiger partial charge in [0.2, 0.25) is 0 Å². The fourth-order valence-electron chi connectivity index (χ4n) is 3.58. The number of benzene rings is 1. The maximum atomic E-state index is 13.3. The van der Waals surface area contributed by atoms with Gasteiger partial charge in [0.1, 0.15) is 11.6 Å². The zero-order valence-corrected chi connectivity index (χ0v) is 17.8. The average molecular weight is 398 g/mol. The number of carbonyl (C=O) groups is 1. The third kappa shape index (κ3) is 4.45. The molecule has 156 valence electrons. The Hall–Kier alpha value is -2.80. The molecule has 1 aromatic carbocycles. The highest BCUT2D eigenvalue weighted by atomic mass is 16.5. The summed E-state index contributed by atoms with van der Waals surface area (Å²) in [5.74, 6) is 1.28. The molecule has 0 atom stereocenters. The smallest absolute Gasteiger partial charge is 0.257 e. The first-order valence-electron chi connectivity index (χ1n) is 10.2. The molecular weight excluding hydrogens is 366 g/mol. The quantitative estimate of drug-likeness (QED) is 0.749. The molecule has 0 bridgehead atoms. The molecule has 2 aromatic rings. The molecule has 1 aromatic heterocycles. The van der Waals surface area contributed by atoms with Crippen LogP contribution in [-0.4, -0.2) is 69.7 Å². The van der Waals surface area contributed by atoms with E-state index < -0.39 is 0 Å². The first-order valence-corrected chi connectivity index (χ1v) is 10.2. The van der Waals surface area contributed by atoms with Gasteiger partial charge in [-0.15, -0.1) is 0 Å². The van der Waals surface area contributed by atoms with Crippen LogP contribution in [0.2, 0.25) is 0 Å². The van der Waals surface area contributed by atoms with Crippen LogP contribution < -0.4 is 20.3 Å². The number of nitrogens with zero attached hydrogens (tertiary/aromatic N) is 3. The second-order valence-electron chi connectivity index (χ2n) is 7.31. The molecule has 1 saturated heterocycles. The first kappa shape index (κ1) is 20.9. The van der Waals surface area contributed by atoms with Crippen molar-refractivity contribution in [2.75, 3.05) is 64.1 Å². The normalized spacial score (nSPS) is 13.9. The van der Waals surface area contributed by atoms with E-state index in [-0.39, 0.29) is 5.91 Å². The molecule has 7 nitrogen and oxygen atoms in total. The summed E-state index contributed by atoms with van der Waals surface area (Å²) >= 11 is 0. The summed E-state index contributed by atoms with van der Waals surface area (Å²) in [6.07, 6.45) is 2.83. The van der Waals surface area contributed by atoms with Gasteiger partial charge in [0.15, 0.2) is 0 Å². The Morgan fingerprint density at radius 1 is 1.28 bits per heavy atom. The Kier molecular flexibility index (Phi) is 6.93. The molecular formula is C22H31N5O2. The van der Waals surface area contributed by atoms with Crippen molar-refractivity contribution < 1.29 is 9.53 Å². The van der Waals surface area contributed by atoms with E-state index in [1.54, 1.807) is 26.1 Å². The number of aromatic nitrogens is 1. The van der Waals surface area contributed by atoms with Crippen LogP contribution in [0.15, 0.2) is 30.5 Å². The standard InChI is InChI=1S/C22H31N5O2/c1-5-10-24-21-20(22(28)26(2)3)19(16-8-6-7-9-18(16)29-4)17(15-25-21)27-13-11-23-12-14-27/h6-9,15,23H,5,10-14H2,1-4H3,(H,24,25). The Labute approximate surface area is 173 Å². The summed E-state index contributed by atoms with van der Waals surface area (Å²) < 4.78 is 5.66. The number of amides is 1. The number of ether oxygens (including phenoxy) is 1. The van der Waals surface area contributed by atoms with Gasteiger partial charge < -0.3 is 25.2 Å². The molecule has 1 aliphatic rings. The number of carbonyl (C=O) groups excluding carboxylic acids is 1. The van der Waals surface area contributed by atoms with Gasteiger partial charge in [0.25, 0.3) is 5.91 Å². The summed E-state index contributed by atoms with van der Waals surface area (Å²) in [4.78, 5) is 21.9. The molecule has 2 heterocycles. The molecule has 0 unspecified atom stereocenters. The zero-order valence-electron chi connectivity index (χ0n) is 17.8. The summed E-state index contributed by atoms with van der Waals surface area (Å²) in [5, 5.41) is 6.73. The van der Waals surface area contributed by atoms with Crippen LogP contribution in [0.5, 0.6) is 5.75 Å². The van der Waals surface area contributed by atoms with Gasteiger partial charge in [-0.25, -0.2) is 4.98 Å². The van der Waals surface area contributed by atoms with E-state index >= 15 is 0 Å². The van der Waals surface area contributed by atoms with E-state index in [0.717, 1.165) is 61.7 Å². The molecule has 3 rings (SSSR count). The predicted octanol–water partition coefficient (Wildman–Crippen LogP) is 2.69. The van der Waals surface area contributed by atoms with E-state index in [1.807, 2.05) is 30.5 Å². The highest BCUT2D eigenvalue weighted by Crippen LogP contribution is 2.41. The lowest BCUT2D eigenvalue weighted by atomic mass is 9.96. The summed E-state index contributed by atoms with van der Waals surface area (Å²) in [5.41, 5.74) is 3.32. The van der Waals surface area contributed by atoms with Gasteiger partial charge in [0, 0.05) is 57.9 Å². The summed E-state index contributed by atoms with van der Waals surface area (Å²) in [6, 6.07) is 7.86.